The van der Waals surface area contributed by atoms with E-state index in [2.05, 4.69) is 29.3 Å². The number of hydrogen-bond acceptors (Lipinski definition) is 6. The van der Waals surface area contributed by atoms with Crippen molar-refractivity contribution in [2.24, 2.45) is 0 Å². The molecule has 140 valence electrons. The molecule has 1 aliphatic heterocycles. The molecule has 8 nitrogen and oxygen atoms in total. The van der Waals surface area contributed by atoms with Gasteiger partial charge in [0.25, 0.3) is 10.2 Å². The first kappa shape index (κ1) is 17.6. The van der Waals surface area contributed by atoms with Crippen molar-refractivity contribution in [1.29, 1.82) is 0 Å². The van der Waals surface area contributed by atoms with Crippen LogP contribution >= 0.6 is 0 Å². The van der Waals surface area contributed by atoms with Gasteiger partial charge in [0, 0.05) is 30.9 Å². The maximum absolute atomic E-state index is 12.3. The van der Waals surface area contributed by atoms with Crippen molar-refractivity contribution in [1.82, 2.24) is 19.7 Å². The summed E-state index contributed by atoms with van der Waals surface area (Å²) in [6.07, 6.45) is 5.31. The average molecular weight is 384 g/mol. The summed E-state index contributed by atoms with van der Waals surface area (Å²) in [4.78, 5) is 15.3. The summed E-state index contributed by atoms with van der Waals surface area (Å²) in [5, 5.41) is 0.987. The second-order valence-electron chi connectivity index (χ2n) is 6.34. The fourth-order valence-electron chi connectivity index (χ4n) is 3.13. The van der Waals surface area contributed by atoms with Crippen molar-refractivity contribution in [2.45, 2.75) is 19.4 Å². The molecule has 4 rings (SSSR count). The van der Waals surface area contributed by atoms with Gasteiger partial charge in [-0.1, -0.05) is 12.1 Å². The van der Waals surface area contributed by atoms with Crippen LogP contribution in [0.5, 0.6) is 0 Å². The number of fused-ring (bicyclic) bond motifs is 1. The average Bonchev–Trinajstić information content (AvgIpc) is 3.21. The van der Waals surface area contributed by atoms with Crippen LogP contribution in [0.3, 0.4) is 0 Å². The summed E-state index contributed by atoms with van der Waals surface area (Å²) < 4.78 is 29.5. The van der Waals surface area contributed by atoms with Crippen LogP contribution in [0.15, 0.2) is 48.8 Å². The van der Waals surface area contributed by atoms with E-state index in [4.69, 9.17) is 0 Å². The number of anilines is 2. The summed E-state index contributed by atoms with van der Waals surface area (Å²) in [5.74, 6) is 1.31. The largest absolute Gasteiger partial charge is 0.356 e. The van der Waals surface area contributed by atoms with Crippen molar-refractivity contribution in [2.75, 3.05) is 22.7 Å². The second-order valence-corrected chi connectivity index (χ2v) is 7.84. The van der Waals surface area contributed by atoms with Gasteiger partial charge in [-0.3, -0.25) is 9.71 Å². The van der Waals surface area contributed by atoms with Gasteiger partial charge in [0.05, 0.1) is 17.7 Å². The molecular weight excluding hydrogens is 364 g/mol. The van der Waals surface area contributed by atoms with Crippen LogP contribution < -0.4 is 14.3 Å². The van der Waals surface area contributed by atoms with E-state index in [0.717, 1.165) is 42.7 Å². The van der Waals surface area contributed by atoms with Gasteiger partial charge < -0.3 is 4.90 Å². The van der Waals surface area contributed by atoms with Crippen LogP contribution in [-0.2, 0) is 16.8 Å². The van der Waals surface area contributed by atoms with Crippen molar-refractivity contribution in [3.8, 4) is 0 Å². The predicted molar refractivity (Wildman–Crippen MR) is 105 cm³/mol. The summed E-state index contributed by atoms with van der Waals surface area (Å²) in [6, 6.07) is 11.0. The Balaban J connectivity index is 1.56. The molecule has 3 heterocycles. The Hall–Kier alpha value is -2.78. The van der Waals surface area contributed by atoms with E-state index in [9.17, 15) is 8.42 Å². The molecule has 1 aliphatic rings. The fraction of sp³-hybridized carbons (Fsp3) is 0.278. The Morgan fingerprint density at radius 1 is 1.00 bits per heavy atom. The number of rotatable bonds is 6. The zero-order valence-corrected chi connectivity index (χ0v) is 15.5. The van der Waals surface area contributed by atoms with E-state index in [1.807, 2.05) is 24.3 Å². The van der Waals surface area contributed by atoms with Gasteiger partial charge in [-0.05, 0) is 37.1 Å². The van der Waals surface area contributed by atoms with Gasteiger partial charge in [-0.2, -0.15) is 13.1 Å². The summed E-state index contributed by atoms with van der Waals surface area (Å²) in [7, 11) is -3.74. The van der Waals surface area contributed by atoms with Gasteiger partial charge in [-0.15, -0.1) is 0 Å². The monoisotopic (exact) mass is 384 g/mol. The first-order chi connectivity index (χ1) is 13.1. The zero-order valence-electron chi connectivity index (χ0n) is 14.7. The number of hydrogen-bond donors (Lipinski definition) is 2. The molecule has 0 bridgehead atoms. The molecule has 0 amide bonds. The lowest BCUT2D eigenvalue weighted by molar-refractivity contribution is 0.585. The first-order valence-electron chi connectivity index (χ1n) is 8.79. The van der Waals surface area contributed by atoms with Gasteiger partial charge >= 0.3 is 0 Å². The molecule has 2 N–H and O–H groups in total. The van der Waals surface area contributed by atoms with Crippen molar-refractivity contribution >= 4 is 32.6 Å². The number of aromatic nitrogens is 3. The third kappa shape index (κ3) is 4.15. The molecule has 0 aliphatic carbocycles. The van der Waals surface area contributed by atoms with Crippen LogP contribution in [0.1, 0.15) is 18.7 Å². The standard InChI is InChI=1S/C18H20N6O2S/c25-27(26,23-14-7-9-19-10-8-14)20-13-17-21-16-6-2-1-5-15(16)18(22-17)24-11-3-4-12-24/h1-2,5-10,20H,3-4,11-13H2,(H,19,23). The van der Waals surface area contributed by atoms with E-state index >= 15 is 0 Å². The number of nitrogens with zero attached hydrogens (tertiary/aromatic N) is 4. The lowest BCUT2D eigenvalue weighted by Gasteiger charge is -2.19. The minimum atomic E-state index is -3.74. The Bertz CT molecular complexity index is 1040. The van der Waals surface area contributed by atoms with E-state index in [0.29, 0.717) is 11.5 Å². The molecule has 0 spiro atoms. The van der Waals surface area contributed by atoms with E-state index in [1.54, 1.807) is 12.1 Å². The lowest BCUT2D eigenvalue weighted by atomic mass is 10.2. The third-order valence-corrected chi connectivity index (χ3v) is 5.42. The van der Waals surface area contributed by atoms with Crippen LogP contribution in [0.25, 0.3) is 10.9 Å². The highest BCUT2D eigenvalue weighted by atomic mass is 32.2. The Kier molecular flexibility index (Phi) is 4.87. The van der Waals surface area contributed by atoms with Crippen molar-refractivity contribution in [3.63, 3.8) is 0 Å². The minimum Gasteiger partial charge on any atom is -0.356 e. The van der Waals surface area contributed by atoms with Crippen LogP contribution in [0.2, 0.25) is 0 Å². The van der Waals surface area contributed by atoms with Crippen molar-refractivity contribution < 1.29 is 8.42 Å². The molecule has 9 heteroatoms. The Morgan fingerprint density at radius 2 is 1.74 bits per heavy atom. The maximum Gasteiger partial charge on any atom is 0.299 e. The number of pyridine rings is 1. The molecule has 2 aromatic heterocycles. The van der Waals surface area contributed by atoms with Crippen molar-refractivity contribution in [3.05, 3.63) is 54.6 Å². The molecule has 1 saturated heterocycles. The van der Waals surface area contributed by atoms with Gasteiger partial charge in [0.1, 0.15) is 11.6 Å². The second kappa shape index (κ2) is 7.45. The first-order valence-corrected chi connectivity index (χ1v) is 10.3. The number of nitrogens with one attached hydrogen (secondary N) is 2. The molecule has 1 aromatic carbocycles. The van der Waals surface area contributed by atoms with Crippen LogP contribution in [-0.4, -0.2) is 36.5 Å². The third-order valence-electron chi connectivity index (χ3n) is 4.39. The van der Waals surface area contributed by atoms with E-state index in [1.165, 1.54) is 12.4 Å². The molecule has 0 saturated carbocycles. The topological polar surface area (TPSA) is 100 Å². The van der Waals surface area contributed by atoms with Crippen LogP contribution in [0.4, 0.5) is 11.5 Å². The molecule has 0 atom stereocenters. The lowest BCUT2D eigenvalue weighted by Crippen LogP contribution is -2.30. The Labute approximate surface area is 157 Å². The highest BCUT2D eigenvalue weighted by molar-refractivity contribution is 7.90. The summed E-state index contributed by atoms with van der Waals surface area (Å²) in [5.41, 5.74) is 1.25. The number of para-hydroxylation sites is 1. The van der Waals surface area contributed by atoms with Crippen LogP contribution in [0, 0.1) is 0 Å². The SMILES string of the molecule is O=S(=O)(NCc1nc(N2CCCC2)c2ccccc2n1)Nc1ccncc1. The van der Waals surface area contributed by atoms with E-state index in [-0.39, 0.29) is 6.54 Å². The smallest absolute Gasteiger partial charge is 0.299 e. The highest BCUT2D eigenvalue weighted by Gasteiger charge is 2.19. The minimum absolute atomic E-state index is 0.00604. The quantitative estimate of drug-likeness (QED) is 0.675. The predicted octanol–water partition coefficient (Wildman–Crippen LogP) is 2.07. The molecule has 0 radical (unpaired) electrons. The van der Waals surface area contributed by atoms with Gasteiger partial charge in [0.2, 0.25) is 0 Å². The molecular formula is C18H20N6O2S. The number of benzene rings is 1. The Morgan fingerprint density at radius 3 is 2.52 bits per heavy atom. The fourth-order valence-corrected chi connectivity index (χ4v) is 3.96. The molecule has 27 heavy (non-hydrogen) atoms. The maximum atomic E-state index is 12.3. The highest BCUT2D eigenvalue weighted by Crippen LogP contribution is 2.26. The molecule has 3 aromatic rings. The van der Waals surface area contributed by atoms with Gasteiger partial charge in [-0.25, -0.2) is 9.97 Å². The van der Waals surface area contributed by atoms with E-state index < -0.39 is 10.2 Å². The molecule has 1 fully saturated rings. The summed E-state index contributed by atoms with van der Waals surface area (Å²) in [6.45, 7) is 1.91. The summed E-state index contributed by atoms with van der Waals surface area (Å²) >= 11 is 0. The normalized spacial score (nSPS) is 14.6. The molecule has 0 unspecified atom stereocenters. The zero-order chi connectivity index (χ0) is 18.7. The van der Waals surface area contributed by atoms with Gasteiger partial charge in [0.15, 0.2) is 0 Å².